The third-order valence-corrected chi connectivity index (χ3v) is 11.6. The number of aryl methyl sites for hydroxylation is 1. The number of benzene rings is 1. The maximum Gasteiger partial charge on any atom is 0.0818 e. The predicted octanol–water partition coefficient (Wildman–Crippen LogP) is 6.29. The highest BCUT2D eigenvalue weighted by Gasteiger charge is 2.65. The van der Waals surface area contributed by atoms with Gasteiger partial charge in [-0.2, -0.15) is 0 Å². The Balaban J connectivity index is 1.20. The Hall–Kier alpha value is -0.860. The van der Waals surface area contributed by atoms with E-state index in [4.69, 9.17) is 0 Å². The topological polar surface area (TPSA) is 40.5 Å². The van der Waals surface area contributed by atoms with E-state index in [9.17, 15) is 10.2 Å². The molecule has 5 saturated carbocycles. The van der Waals surface area contributed by atoms with E-state index in [0.717, 1.165) is 48.0 Å². The molecule has 1 aromatic carbocycles. The van der Waals surface area contributed by atoms with E-state index in [1.54, 1.807) is 0 Å². The van der Waals surface area contributed by atoms with Crippen LogP contribution in [0.2, 0.25) is 0 Å². The van der Waals surface area contributed by atoms with E-state index in [2.05, 4.69) is 45.0 Å². The highest BCUT2D eigenvalue weighted by atomic mass is 16.3. The second-order valence-corrected chi connectivity index (χ2v) is 12.7. The average molecular weight is 423 g/mol. The van der Waals surface area contributed by atoms with Crippen molar-refractivity contribution in [2.45, 2.75) is 90.3 Å². The largest absolute Gasteiger partial charge is 0.390 e. The van der Waals surface area contributed by atoms with Gasteiger partial charge in [0.15, 0.2) is 0 Å². The standard InChI is InChI=1S/C29H42O2/c1-17-4-6-19(7-5-17)27(30)18(2)24-10-11-25-22-8-9-23-21(13-15-29(31)16-26(23)29)20(22)12-14-28(24,25)3/h4-7,18,20-27,30-31H,8-16H2,1-3H3/t18-,20+,21+,22+,23-,24+,25-,26?,27-,28+,29-/m0/s1. The summed E-state index contributed by atoms with van der Waals surface area (Å²) in [4.78, 5) is 0. The van der Waals surface area contributed by atoms with Crippen LogP contribution in [-0.4, -0.2) is 15.8 Å². The van der Waals surface area contributed by atoms with Crippen LogP contribution in [0.4, 0.5) is 0 Å². The molecule has 0 bridgehead atoms. The second-order valence-electron chi connectivity index (χ2n) is 12.7. The van der Waals surface area contributed by atoms with Crippen LogP contribution in [0, 0.1) is 59.7 Å². The molecular formula is C29H42O2. The van der Waals surface area contributed by atoms with Crippen LogP contribution in [0.1, 0.15) is 88.9 Å². The van der Waals surface area contributed by atoms with E-state index < -0.39 is 0 Å². The molecule has 2 heteroatoms. The molecule has 2 nitrogen and oxygen atoms in total. The fraction of sp³-hybridized carbons (Fsp3) is 0.793. The highest BCUT2D eigenvalue weighted by Crippen LogP contribution is 2.69. The van der Waals surface area contributed by atoms with E-state index in [0.29, 0.717) is 23.2 Å². The summed E-state index contributed by atoms with van der Waals surface area (Å²) in [5.41, 5.74) is 2.50. The van der Waals surface area contributed by atoms with Crippen molar-refractivity contribution in [2.75, 3.05) is 0 Å². The molecular weight excluding hydrogens is 380 g/mol. The molecule has 1 unspecified atom stereocenters. The molecule has 0 aliphatic heterocycles. The lowest BCUT2D eigenvalue weighted by atomic mass is 9.49. The molecule has 0 amide bonds. The molecule has 6 rings (SSSR count). The van der Waals surface area contributed by atoms with Crippen LogP contribution in [0.15, 0.2) is 24.3 Å². The maximum atomic E-state index is 11.3. The molecule has 0 saturated heterocycles. The van der Waals surface area contributed by atoms with Gasteiger partial charge in [-0.3, -0.25) is 0 Å². The Kier molecular flexibility index (Phi) is 4.73. The summed E-state index contributed by atoms with van der Waals surface area (Å²) in [6, 6.07) is 8.54. The van der Waals surface area contributed by atoms with E-state index >= 15 is 0 Å². The number of aliphatic hydroxyl groups is 2. The van der Waals surface area contributed by atoms with Crippen molar-refractivity contribution in [3.05, 3.63) is 35.4 Å². The van der Waals surface area contributed by atoms with Crippen molar-refractivity contribution in [1.82, 2.24) is 0 Å². The molecule has 0 heterocycles. The predicted molar refractivity (Wildman–Crippen MR) is 124 cm³/mol. The normalized spacial score (nSPS) is 49.9. The second kappa shape index (κ2) is 7.07. The van der Waals surface area contributed by atoms with E-state index in [1.807, 2.05) is 0 Å². The third-order valence-electron chi connectivity index (χ3n) is 11.6. The summed E-state index contributed by atoms with van der Waals surface area (Å²) in [6.07, 6.45) is 11.3. The van der Waals surface area contributed by atoms with Gasteiger partial charge in [0.2, 0.25) is 0 Å². The van der Waals surface area contributed by atoms with Crippen LogP contribution in [0.25, 0.3) is 0 Å². The maximum absolute atomic E-state index is 11.3. The van der Waals surface area contributed by atoms with Crippen molar-refractivity contribution in [3.63, 3.8) is 0 Å². The van der Waals surface area contributed by atoms with Crippen molar-refractivity contribution in [2.24, 2.45) is 52.8 Å². The zero-order valence-corrected chi connectivity index (χ0v) is 19.8. The lowest BCUT2D eigenvalue weighted by Crippen LogP contribution is -2.50. The fourth-order valence-corrected chi connectivity index (χ4v) is 9.88. The Morgan fingerprint density at radius 1 is 0.839 bits per heavy atom. The summed E-state index contributed by atoms with van der Waals surface area (Å²) in [5, 5.41) is 22.0. The quantitative estimate of drug-likeness (QED) is 0.600. The molecule has 2 N–H and O–H groups in total. The van der Waals surface area contributed by atoms with Gasteiger partial charge < -0.3 is 10.2 Å². The van der Waals surface area contributed by atoms with E-state index in [-0.39, 0.29) is 11.7 Å². The zero-order valence-electron chi connectivity index (χ0n) is 19.8. The molecule has 5 aliphatic carbocycles. The van der Waals surface area contributed by atoms with Crippen molar-refractivity contribution in [3.8, 4) is 0 Å². The van der Waals surface area contributed by atoms with Crippen LogP contribution in [0.5, 0.6) is 0 Å². The first-order valence-corrected chi connectivity index (χ1v) is 13.3. The Bertz CT molecular complexity index is 832. The lowest BCUT2D eigenvalue weighted by molar-refractivity contribution is -0.0902. The van der Waals surface area contributed by atoms with Gasteiger partial charge in [-0.05, 0) is 123 Å². The van der Waals surface area contributed by atoms with Crippen LogP contribution in [-0.2, 0) is 0 Å². The Labute approximate surface area is 188 Å². The average Bonchev–Trinajstić information content (AvgIpc) is 3.34. The summed E-state index contributed by atoms with van der Waals surface area (Å²) >= 11 is 0. The summed E-state index contributed by atoms with van der Waals surface area (Å²) in [6.45, 7) is 7.03. The molecule has 31 heavy (non-hydrogen) atoms. The Morgan fingerprint density at radius 2 is 1.48 bits per heavy atom. The number of hydrogen-bond acceptors (Lipinski definition) is 2. The zero-order chi connectivity index (χ0) is 21.5. The van der Waals surface area contributed by atoms with Gasteiger partial charge >= 0.3 is 0 Å². The monoisotopic (exact) mass is 422 g/mol. The molecule has 0 aromatic heterocycles. The van der Waals surface area contributed by atoms with Gasteiger partial charge in [-0.1, -0.05) is 43.7 Å². The molecule has 170 valence electrons. The van der Waals surface area contributed by atoms with Gasteiger partial charge in [0.25, 0.3) is 0 Å². The third kappa shape index (κ3) is 3.03. The highest BCUT2D eigenvalue weighted by molar-refractivity contribution is 5.24. The van der Waals surface area contributed by atoms with Crippen LogP contribution >= 0.6 is 0 Å². The first-order valence-electron chi connectivity index (χ1n) is 13.3. The van der Waals surface area contributed by atoms with Crippen molar-refractivity contribution in [1.29, 1.82) is 0 Å². The molecule has 0 radical (unpaired) electrons. The molecule has 1 aromatic rings. The first-order chi connectivity index (χ1) is 14.8. The number of hydrogen-bond donors (Lipinski definition) is 2. The molecule has 5 fully saturated rings. The number of aliphatic hydroxyl groups excluding tert-OH is 1. The Morgan fingerprint density at radius 3 is 2.19 bits per heavy atom. The van der Waals surface area contributed by atoms with E-state index in [1.165, 1.54) is 50.5 Å². The molecule has 11 atom stereocenters. The summed E-state index contributed by atoms with van der Waals surface area (Å²) in [7, 11) is 0. The van der Waals surface area contributed by atoms with Crippen molar-refractivity contribution >= 4 is 0 Å². The fourth-order valence-electron chi connectivity index (χ4n) is 9.88. The minimum absolute atomic E-state index is 0.253. The van der Waals surface area contributed by atoms with Crippen molar-refractivity contribution < 1.29 is 10.2 Å². The summed E-state index contributed by atoms with van der Waals surface area (Å²) < 4.78 is 0. The minimum Gasteiger partial charge on any atom is -0.390 e. The lowest BCUT2D eigenvalue weighted by Gasteiger charge is -2.56. The smallest absolute Gasteiger partial charge is 0.0818 e. The van der Waals surface area contributed by atoms with Crippen LogP contribution in [0.3, 0.4) is 0 Å². The number of fused-ring (bicyclic) bond motifs is 7. The summed E-state index contributed by atoms with van der Waals surface area (Å²) in [5.74, 6) is 5.98. The van der Waals surface area contributed by atoms with Gasteiger partial charge in [0, 0.05) is 0 Å². The molecule has 5 aliphatic rings. The SMILES string of the molecule is Cc1ccc([C@@H](O)[C@@H](C)[C@H]2CC[C@H]3[C@@H]4CC[C@@H]5C6C[C@@]6(O)CC[C@@H]5[C@H]4CC[C@]23C)cc1. The van der Waals surface area contributed by atoms with Gasteiger partial charge in [-0.25, -0.2) is 0 Å². The van der Waals surface area contributed by atoms with Gasteiger partial charge in [-0.15, -0.1) is 0 Å². The van der Waals surface area contributed by atoms with Gasteiger partial charge in [0.1, 0.15) is 0 Å². The van der Waals surface area contributed by atoms with Crippen LogP contribution < -0.4 is 0 Å². The minimum atomic E-state index is -0.347. The number of rotatable bonds is 3. The first kappa shape index (κ1) is 20.7. The van der Waals surface area contributed by atoms with Gasteiger partial charge in [0.05, 0.1) is 11.7 Å². The molecule has 0 spiro atoms.